The molecule has 1 rings (SSSR count). The van der Waals surface area contributed by atoms with Crippen LogP contribution < -0.4 is 9.44 Å². The molecule has 0 bridgehead atoms. The van der Waals surface area contributed by atoms with Gasteiger partial charge in [0.2, 0.25) is 0 Å². The predicted octanol–water partition coefficient (Wildman–Crippen LogP) is 0.761. The Balaban J connectivity index is 2.49. The number of rotatable bonds is 8. The zero-order valence-corrected chi connectivity index (χ0v) is 11.5. The third-order valence-electron chi connectivity index (χ3n) is 2.42. The molecule has 1 aromatic rings. The topological polar surface area (TPSA) is 95.5 Å². The molecule has 0 atom stereocenters. The van der Waals surface area contributed by atoms with Crippen LogP contribution in [0.2, 0.25) is 0 Å². The summed E-state index contributed by atoms with van der Waals surface area (Å²) >= 11 is 0. The fourth-order valence-electron chi connectivity index (χ4n) is 1.48. The maximum atomic E-state index is 11.4. The molecule has 0 spiro atoms. The lowest BCUT2D eigenvalue weighted by Crippen LogP contribution is -2.37. The van der Waals surface area contributed by atoms with E-state index in [1.54, 1.807) is 12.1 Å². The van der Waals surface area contributed by atoms with Gasteiger partial charge in [-0.25, -0.2) is 14.2 Å². The first-order chi connectivity index (χ1) is 8.94. The van der Waals surface area contributed by atoms with Crippen LogP contribution in [0.15, 0.2) is 24.3 Å². The van der Waals surface area contributed by atoms with Crippen LogP contribution in [0.3, 0.4) is 0 Å². The molecule has 0 amide bonds. The molecule has 0 heterocycles. The molecular formula is C12H18N2O4S. The molecule has 0 aliphatic heterocycles. The third kappa shape index (κ3) is 5.82. The Morgan fingerprint density at radius 3 is 2.58 bits per heavy atom. The summed E-state index contributed by atoms with van der Waals surface area (Å²) in [4.78, 5) is 10.8. The second-order valence-electron chi connectivity index (χ2n) is 4.05. The summed E-state index contributed by atoms with van der Waals surface area (Å²) in [6.45, 7) is 2.49. The predicted molar refractivity (Wildman–Crippen MR) is 72.3 cm³/mol. The monoisotopic (exact) mass is 286 g/mol. The van der Waals surface area contributed by atoms with Crippen LogP contribution in [0.1, 0.15) is 29.3 Å². The molecule has 0 aromatic heterocycles. The van der Waals surface area contributed by atoms with Gasteiger partial charge in [-0.05, 0) is 30.5 Å². The van der Waals surface area contributed by atoms with Crippen molar-refractivity contribution in [1.82, 2.24) is 9.44 Å². The zero-order chi connectivity index (χ0) is 14.3. The fraction of sp³-hybridized carbons (Fsp3) is 0.417. The Kier molecular flexibility index (Phi) is 5.94. The number of aromatic carboxylic acids is 1. The molecule has 106 valence electrons. The van der Waals surface area contributed by atoms with Gasteiger partial charge in [0.1, 0.15) is 0 Å². The summed E-state index contributed by atoms with van der Waals surface area (Å²) < 4.78 is 27.7. The Bertz CT molecular complexity index is 528. The normalized spacial score (nSPS) is 11.4. The minimum atomic E-state index is -3.46. The summed E-state index contributed by atoms with van der Waals surface area (Å²) in [5, 5.41) is 8.84. The van der Waals surface area contributed by atoms with Crippen LogP contribution >= 0.6 is 0 Å². The van der Waals surface area contributed by atoms with E-state index < -0.39 is 16.2 Å². The minimum absolute atomic E-state index is 0.199. The smallest absolute Gasteiger partial charge is 0.335 e. The van der Waals surface area contributed by atoms with Crippen molar-refractivity contribution in [3.05, 3.63) is 35.4 Å². The maximum absolute atomic E-state index is 11.4. The van der Waals surface area contributed by atoms with Crippen molar-refractivity contribution in [2.45, 2.75) is 19.8 Å². The Labute approximate surface area is 113 Å². The number of benzene rings is 1. The molecule has 19 heavy (non-hydrogen) atoms. The molecule has 3 N–H and O–H groups in total. The molecule has 0 aliphatic rings. The van der Waals surface area contributed by atoms with Gasteiger partial charge in [0.05, 0.1) is 5.56 Å². The highest BCUT2D eigenvalue weighted by molar-refractivity contribution is 7.87. The SMILES string of the molecule is CCCNS(=O)(=O)NCCc1cccc(C(=O)O)c1. The molecule has 0 radical (unpaired) electrons. The van der Waals surface area contributed by atoms with Crippen LogP contribution in [0, 0.1) is 0 Å². The van der Waals surface area contributed by atoms with Gasteiger partial charge in [0.25, 0.3) is 10.2 Å². The van der Waals surface area contributed by atoms with Crippen molar-refractivity contribution in [2.24, 2.45) is 0 Å². The van der Waals surface area contributed by atoms with Crippen LogP contribution in [0.5, 0.6) is 0 Å². The van der Waals surface area contributed by atoms with E-state index in [-0.39, 0.29) is 12.1 Å². The van der Waals surface area contributed by atoms with Crippen LogP contribution in [-0.2, 0) is 16.6 Å². The second kappa shape index (κ2) is 7.22. The quantitative estimate of drug-likeness (QED) is 0.657. The van der Waals surface area contributed by atoms with E-state index in [1.807, 2.05) is 6.92 Å². The fourth-order valence-corrected chi connectivity index (χ4v) is 2.42. The van der Waals surface area contributed by atoms with Crippen molar-refractivity contribution in [1.29, 1.82) is 0 Å². The van der Waals surface area contributed by atoms with Gasteiger partial charge < -0.3 is 5.11 Å². The molecule has 7 heteroatoms. The molecule has 6 nitrogen and oxygen atoms in total. The average Bonchev–Trinajstić information content (AvgIpc) is 2.36. The number of carboxylic acid groups (broad SMARTS) is 1. The first kappa shape index (κ1) is 15.6. The Morgan fingerprint density at radius 2 is 1.95 bits per heavy atom. The standard InChI is InChI=1S/C12H18N2O4S/c1-2-7-13-19(17,18)14-8-6-10-4-3-5-11(9-10)12(15)16/h3-5,9,13-14H,2,6-8H2,1H3,(H,15,16). The third-order valence-corrected chi connectivity index (χ3v) is 3.59. The molecule has 0 fully saturated rings. The molecule has 0 saturated carbocycles. The molecule has 0 aliphatic carbocycles. The van der Waals surface area contributed by atoms with Gasteiger partial charge >= 0.3 is 5.97 Å². The first-order valence-corrected chi connectivity index (χ1v) is 7.49. The summed E-state index contributed by atoms with van der Waals surface area (Å²) in [5.74, 6) is -0.993. The van der Waals surface area contributed by atoms with E-state index in [4.69, 9.17) is 5.11 Å². The van der Waals surface area contributed by atoms with Gasteiger partial charge in [0.15, 0.2) is 0 Å². The summed E-state index contributed by atoms with van der Waals surface area (Å²) in [7, 11) is -3.46. The number of carbonyl (C=O) groups is 1. The first-order valence-electron chi connectivity index (χ1n) is 6.01. The zero-order valence-electron chi connectivity index (χ0n) is 10.7. The largest absolute Gasteiger partial charge is 0.478 e. The summed E-state index contributed by atoms with van der Waals surface area (Å²) in [6.07, 6.45) is 1.16. The van der Waals surface area contributed by atoms with E-state index in [2.05, 4.69) is 9.44 Å². The van der Waals surface area contributed by atoms with Crippen LogP contribution in [-0.4, -0.2) is 32.6 Å². The van der Waals surface area contributed by atoms with E-state index in [1.165, 1.54) is 12.1 Å². The molecule has 0 unspecified atom stereocenters. The van der Waals surface area contributed by atoms with Gasteiger partial charge in [-0.2, -0.15) is 8.42 Å². The summed E-state index contributed by atoms with van der Waals surface area (Å²) in [6, 6.07) is 6.44. The summed E-state index contributed by atoms with van der Waals surface area (Å²) in [5.41, 5.74) is 0.975. The van der Waals surface area contributed by atoms with E-state index in [0.29, 0.717) is 13.0 Å². The number of nitrogens with one attached hydrogen (secondary N) is 2. The van der Waals surface area contributed by atoms with Gasteiger partial charge in [0, 0.05) is 13.1 Å². The van der Waals surface area contributed by atoms with Gasteiger partial charge in [-0.3, -0.25) is 0 Å². The lowest BCUT2D eigenvalue weighted by molar-refractivity contribution is 0.0696. The van der Waals surface area contributed by atoms with E-state index >= 15 is 0 Å². The number of carboxylic acids is 1. The van der Waals surface area contributed by atoms with Crippen molar-refractivity contribution in [3.8, 4) is 0 Å². The van der Waals surface area contributed by atoms with Gasteiger partial charge in [-0.1, -0.05) is 19.1 Å². The van der Waals surface area contributed by atoms with E-state index in [9.17, 15) is 13.2 Å². The highest BCUT2D eigenvalue weighted by Gasteiger charge is 2.08. The molecular weight excluding hydrogens is 268 g/mol. The van der Waals surface area contributed by atoms with Crippen molar-refractivity contribution >= 4 is 16.2 Å². The second-order valence-corrected chi connectivity index (χ2v) is 5.63. The van der Waals surface area contributed by atoms with Crippen molar-refractivity contribution in [2.75, 3.05) is 13.1 Å². The highest BCUT2D eigenvalue weighted by Crippen LogP contribution is 2.05. The molecule has 1 aromatic carbocycles. The van der Waals surface area contributed by atoms with Gasteiger partial charge in [-0.15, -0.1) is 0 Å². The van der Waals surface area contributed by atoms with Crippen molar-refractivity contribution in [3.63, 3.8) is 0 Å². The number of hydrogen-bond donors (Lipinski definition) is 3. The van der Waals surface area contributed by atoms with Crippen molar-refractivity contribution < 1.29 is 18.3 Å². The average molecular weight is 286 g/mol. The Morgan fingerprint density at radius 1 is 1.26 bits per heavy atom. The lowest BCUT2D eigenvalue weighted by atomic mass is 10.1. The highest BCUT2D eigenvalue weighted by atomic mass is 32.2. The van der Waals surface area contributed by atoms with Crippen LogP contribution in [0.25, 0.3) is 0 Å². The van der Waals surface area contributed by atoms with Crippen LogP contribution in [0.4, 0.5) is 0 Å². The lowest BCUT2D eigenvalue weighted by Gasteiger charge is -2.07. The minimum Gasteiger partial charge on any atom is -0.478 e. The maximum Gasteiger partial charge on any atom is 0.335 e. The molecule has 0 saturated heterocycles. The van der Waals surface area contributed by atoms with E-state index in [0.717, 1.165) is 12.0 Å². The Hall–Kier alpha value is -1.44. The number of hydrogen-bond acceptors (Lipinski definition) is 3.